The van der Waals surface area contributed by atoms with E-state index in [-0.39, 0.29) is 5.91 Å². The monoisotopic (exact) mass is 395 g/mol. The lowest BCUT2D eigenvalue weighted by Crippen LogP contribution is -2.38. The first-order chi connectivity index (χ1) is 13.3. The zero-order valence-electron chi connectivity index (χ0n) is 16.4. The fourth-order valence-corrected chi connectivity index (χ4v) is 2.54. The first-order valence-electron chi connectivity index (χ1n) is 9.14. The topological polar surface area (TPSA) is 128 Å². The third-order valence-corrected chi connectivity index (χ3v) is 4.28. The highest BCUT2D eigenvalue weighted by molar-refractivity contribution is 6.27. The molecule has 28 heavy (non-hydrogen) atoms. The van der Waals surface area contributed by atoms with E-state index in [1.165, 1.54) is 5.56 Å². The maximum absolute atomic E-state index is 11.9. The summed E-state index contributed by atoms with van der Waals surface area (Å²) in [5, 5.41) is 21.0. The maximum Gasteiger partial charge on any atom is 0.414 e. The standard InChI is InChI=1S/C17H27N3O2.C2H2O4/c1-14-5-3-6-16(15(14)2)19-17(21)13-18-7-4-8-20-9-11-22-12-10-20;3-1(4)2(5)6/h3,5-6,18H,4,7-13H2,1-2H3,(H,19,21);(H,3,4)(H,5,6). The molecule has 0 bridgehead atoms. The highest BCUT2D eigenvalue weighted by Gasteiger charge is 2.09. The lowest BCUT2D eigenvalue weighted by molar-refractivity contribution is -0.159. The molecule has 0 aromatic heterocycles. The van der Waals surface area contributed by atoms with E-state index < -0.39 is 11.9 Å². The fraction of sp³-hybridized carbons (Fsp3) is 0.526. The molecule has 2 rings (SSSR count). The Morgan fingerprint density at radius 3 is 2.36 bits per heavy atom. The SMILES string of the molecule is Cc1cccc(NC(=O)CNCCCN2CCOCC2)c1C.O=C(O)C(=O)O. The molecule has 0 aliphatic carbocycles. The van der Waals surface area contributed by atoms with Gasteiger partial charge in [0.25, 0.3) is 0 Å². The number of carboxylic acids is 2. The quantitative estimate of drug-likeness (QED) is 0.393. The van der Waals surface area contributed by atoms with E-state index in [2.05, 4.69) is 28.5 Å². The summed E-state index contributed by atoms with van der Waals surface area (Å²) in [5.41, 5.74) is 3.22. The Morgan fingerprint density at radius 2 is 1.75 bits per heavy atom. The number of hydrogen-bond acceptors (Lipinski definition) is 6. The van der Waals surface area contributed by atoms with Crippen molar-refractivity contribution in [2.45, 2.75) is 20.3 Å². The number of aryl methyl sites for hydroxylation is 1. The number of aliphatic carboxylic acids is 2. The Bertz CT molecular complexity index is 647. The van der Waals surface area contributed by atoms with Gasteiger partial charge in [-0.25, -0.2) is 9.59 Å². The van der Waals surface area contributed by atoms with Gasteiger partial charge in [0.15, 0.2) is 0 Å². The summed E-state index contributed by atoms with van der Waals surface area (Å²) in [4.78, 5) is 32.5. The summed E-state index contributed by atoms with van der Waals surface area (Å²) >= 11 is 0. The van der Waals surface area contributed by atoms with Gasteiger partial charge in [-0.15, -0.1) is 0 Å². The number of nitrogens with zero attached hydrogens (tertiary/aromatic N) is 1. The second-order valence-electron chi connectivity index (χ2n) is 6.39. The van der Waals surface area contributed by atoms with Gasteiger partial charge in [0.05, 0.1) is 19.8 Å². The molecular weight excluding hydrogens is 366 g/mol. The minimum Gasteiger partial charge on any atom is -0.473 e. The van der Waals surface area contributed by atoms with Crippen molar-refractivity contribution in [3.8, 4) is 0 Å². The molecule has 1 heterocycles. The zero-order valence-corrected chi connectivity index (χ0v) is 16.4. The first-order valence-corrected chi connectivity index (χ1v) is 9.14. The Hall–Kier alpha value is -2.49. The zero-order chi connectivity index (χ0) is 20.9. The Labute approximate surface area is 164 Å². The van der Waals surface area contributed by atoms with E-state index in [1.807, 2.05) is 19.1 Å². The van der Waals surface area contributed by atoms with Crippen molar-refractivity contribution in [3.63, 3.8) is 0 Å². The van der Waals surface area contributed by atoms with E-state index in [0.717, 1.165) is 57.1 Å². The molecule has 0 unspecified atom stereocenters. The molecule has 1 amide bonds. The summed E-state index contributed by atoms with van der Waals surface area (Å²) < 4.78 is 5.32. The van der Waals surface area contributed by atoms with Crippen LogP contribution in [0.4, 0.5) is 5.69 Å². The Morgan fingerprint density at radius 1 is 1.11 bits per heavy atom. The van der Waals surface area contributed by atoms with Crippen molar-refractivity contribution in [3.05, 3.63) is 29.3 Å². The van der Waals surface area contributed by atoms with Gasteiger partial charge in [-0.3, -0.25) is 9.69 Å². The number of anilines is 1. The number of amides is 1. The molecule has 0 saturated carbocycles. The van der Waals surface area contributed by atoms with Crippen LogP contribution < -0.4 is 10.6 Å². The van der Waals surface area contributed by atoms with E-state index in [4.69, 9.17) is 24.5 Å². The largest absolute Gasteiger partial charge is 0.473 e. The maximum atomic E-state index is 11.9. The van der Waals surface area contributed by atoms with Gasteiger partial charge in [-0.1, -0.05) is 12.1 Å². The number of carbonyl (C=O) groups excluding carboxylic acids is 1. The van der Waals surface area contributed by atoms with E-state index in [1.54, 1.807) is 0 Å². The van der Waals surface area contributed by atoms with Crippen LogP contribution in [0.25, 0.3) is 0 Å². The van der Waals surface area contributed by atoms with Crippen LogP contribution in [0.1, 0.15) is 17.5 Å². The minimum atomic E-state index is -1.82. The minimum absolute atomic E-state index is 0.0140. The lowest BCUT2D eigenvalue weighted by Gasteiger charge is -2.26. The third kappa shape index (κ3) is 9.45. The summed E-state index contributed by atoms with van der Waals surface area (Å²) in [6, 6.07) is 5.96. The lowest BCUT2D eigenvalue weighted by atomic mass is 10.1. The number of carboxylic acid groups (broad SMARTS) is 2. The molecule has 1 aliphatic rings. The second kappa shape index (κ2) is 12.8. The van der Waals surface area contributed by atoms with Crippen molar-refractivity contribution in [1.82, 2.24) is 10.2 Å². The smallest absolute Gasteiger partial charge is 0.414 e. The first kappa shape index (κ1) is 23.5. The van der Waals surface area contributed by atoms with Crippen LogP contribution in [0.3, 0.4) is 0 Å². The van der Waals surface area contributed by atoms with Crippen LogP contribution in [0.15, 0.2) is 18.2 Å². The van der Waals surface area contributed by atoms with Gasteiger partial charge in [0.1, 0.15) is 0 Å². The predicted molar refractivity (Wildman–Crippen MR) is 105 cm³/mol. The van der Waals surface area contributed by atoms with Crippen molar-refractivity contribution in [2.24, 2.45) is 0 Å². The molecule has 0 atom stereocenters. The van der Waals surface area contributed by atoms with Crippen LogP contribution in [-0.2, 0) is 19.1 Å². The summed E-state index contributed by atoms with van der Waals surface area (Å²) in [6.45, 7) is 10.1. The molecule has 1 aliphatic heterocycles. The average Bonchev–Trinajstić information content (AvgIpc) is 2.66. The molecule has 1 saturated heterocycles. The summed E-state index contributed by atoms with van der Waals surface area (Å²) in [6.07, 6.45) is 1.05. The molecule has 9 heteroatoms. The number of carbonyl (C=O) groups is 3. The van der Waals surface area contributed by atoms with Gasteiger partial charge < -0.3 is 25.6 Å². The molecule has 0 radical (unpaired) electrons. The van der Waals surface area contributed by atoms with Crippen LogP contribution in [0.5, 0.6) is 0 Å². The van der Waals surface area contributed by atoms with Crippen LogP contribution >= 0.6 is 0 Å². The number of rotatable bonds is 7. The van der Waals surface area contributed by atoms with Crippen molar-refractivity contribution < 1.29 is 29.3 Å². The molecular formula is C19H29N3O6. The summed E-state index contributed by atoms with van der Waals surface area (Å²) in [7, 11) is 0. The Balaban J connectivity index is 0.000000568. The van der Waals surface area contributed by atoms with Gasteiger partial charge >= 0.3 is 11.9 Å². The molecule has 1 aromatic rings. The fourth-order valence-electron chi connectivity index (χ4n) is 2.54. The normalized spacial score (nSPS) is 13.9. The molecule has 156 valence electrons. The average molecular weight is 395 g/mol. The van der Waals surface area contributed by atoms with Crippen molar-refractivity contribution in [1.29, 1.82) is 0 Å². The van der Waals surface area contributed by atoms with Crippen LogP contribution in [0.2, 0.25) is 0 Å². The molecule has 0 spiro atoms. The number of hydrogen-bond donors (Lipinski definition) is 4. The molecule has 9 nitrogen and oxygen atoms in total. The van der Waals surface area contributed by atoms with E-state index in [0.29, 0.717) is 6.54 Å². The third-order valence-electron chi connectivity index (χ3n) is 4.28. The number of nitrogens with one attached hydrogen (secondary N) is 2. The molecule has 4 N–H and O–H groups in total. The number of morpholine rings is 1. The van der Waals surface area contributed by atoms with Gasteiger partial charge in [-0.2, -0.15) is 0 Å². The predicted octanol–water partition coefficient (Wildman–Crippen LogP) is 0.709. The Kier molecular flexibility index (Phi) is 10.8. The molecule has 1 aromatic carbocycles. The second-order valence-corrected chi connectivity index (χ2v) is 6.39. The number of benzene rings is 1. The van der Waals surface area contributed by atoms with Gasteiger partial charge in [0.2, 0.25) is 5.91 Å². The van der Waals surface area contributed by atoms with Crippen LogP contribution in [0, 0.1) is 13.8 Å². The van der Waals surface area contributed by atoms with Gasteiger partial charge in [0, 0.05) is 18.8 Å². The highest BCUT2D eigenvalue weighted by atomic mass is 16.5. The van der Waals surface area contributed by atoms with E-state index in [9.17, 15) is 4.79 Å². The molecule has 1 fully saturated rings. The highest BCUT2D eigenvalue weighted by Crippen LogP contribution is 2.17. The van der Waals surface area contributed by atoms with Crippen molar-refractivity contribution >= 4 is 23.5 Å². The number of ether oxygens (including phenoxy) is 1. The van der Waals surface area contributed by atoms with Crippen LogP contribution in [-0.4, -0.2) is 78.9 Å². The summed E-state index contributed by atoms with van der Waals surface area (Å²) in [5.74, 6) is -3.63. The van der Waals surface area contributed by atoms with Gasteiger partial charge in [-0.05, 0) is 50.6 Å². The van der Waals surface area contributed by atoms with Crippen molar-refractivity contribution in [2.75, 3.05) is 51.3 Å². The van der Waals surface area contributed by atoms with E-state index >= 15 is 0 Å².